The molecule has 3 nitrogen and oxygen atoms in total. The van der Waals surface area contributed by atoms with Gasteiger partial charge in [0.2, 0.25) is 10.0 Å². The first-order valence-electron chi connectivity index (χ1n) is 5.23. The summed E-state index contributed by atoms with van der Waals surface area (Å²) in [6, 6.07) is 0.195. The van der Waals surface area contributed by atoms with E-state index in [0.29, 0.717) is 0 Å². The highest BCUT2D eigenvalue weighted by molar-refractivity contribution is 7.89. The normalized spacial score (nSPS) is 13.5. The number of alkyl halides is 7. The minimum Gasteiger partial charge on any atom is -0.210 e. The van der Waals surface area contributed by atoms with Crippen LogP contribution in [0.3, 0.4) is 0 Å². The van der Waals surface area contributed by atoms with Crippen LogP contribution >= 0.6 is 11.6 Å². The Hall–Kier alpha value is -1.00. The summed E-state index contributed by atoms with van der Waals surface area (Å²) in [7, 11) is -4.77. The van der Waals surface area contributed by atoms with Crippen molar-refractivity contribution >= 4 is 21.6 Å². The van der Waals surface area contributed by atoms with Crippen LogP contribution in [-0.4, -0.2) is 20.8 Å². The minimum atomic E-state index is -5.12. The molecule has 120 valence electrons. The molecule has 1 rings (SSSR count). The Kier molecular flexibility index (Phi) is 5.17. The van der Waals surface area contributed by atoms with Gasteiger partial charge in [0.05, 0.1) is 16.0 Å². The van der Waals surface area contributed by atoms with E-state index in [1.807, 2.05) is 0 Å². The third-order valence-electron chi connectivity index (χ3n) is 2.29. The van der Waals surface area contributed by atoms with Gasteiger partial charge in [-0.25, -0.2) is 13.1 Å². The lowest BCUT2D eigenvalue weighted by molar-refractivity contribution is -0.143. The Bertz CT molecular complexity index is 611. The van der Waals surface area contributed by atoms with E-state index in [0.717, 1.165) is 0 Å². The van der Waals surface area contributed by atoms with E-state index in [4.69, 9.17) is 11.6 Å². The lowest BCUT2D eigenvalue weighted by Gasteiger charge is -2.16. The Morgan fingerprint density at radius 1 is 1.05 bits per heavy atom. The molecule has 1 aromatic carbocycles. The van der Waals surface area contributed by atoms with Crippen molar-refractivity contribution in [1.82, 2.24) is 4.72 Å². The van der Waals surface area contributed by atoms with Gasteiger partial charge >= 0.3 is 12.4 Å². The highest BCUT2D eigenvalue weighted by atomic mass is 35.5. The molecule has 0 heterocycles. The summed E-state index contributed by atoms with van der Waals surface area (Å²) in [6.45, 7) is -0.419. The Morgan fingerprint density at radius 3 is 2.05 bits per heavy atom. The van der Waals surface area contributed by atoms with Crippen molar-refractivity contribution in [3.8, 4) is 0 Å². The molecular weight excluding hydrogens is 348 g/mol. The summed E-state index contributed by atoms with van der Waals surface area (Å²) in [5.41, 5.74) is -3.18. The van der Waals surface area contributed by atoms with E-state index in [2.05, 4.69) is 0 Å². The highest BCUT2D eigenvalue weighted by Crippen LogP contribution is 2.38. The molecule has 0 radical (unpaired) electrons. The van der Waals surface area contributed by atoms with Crippen molar-refractivity contribution in [3.63, 3.8) is 0 Å². The van der Waals surface area contributed by atoms with Gasteiger partial charge in [-0.1, -0.05) is 0 Å². The number of hydrogen-bond acceptors (Lipinski definition) is 2. The van der Waals surface area contributed by atoms with E-state index in [-0.39, 0.29) is 24.1 Å². The van der Waals surface area contributed by atoms with Crippen LogP contribution in [0.1, 0.15) is 11.1 Å². The fraction of sp³-hybridized carbons (Fsp3) is 0.400. The summed E-state index contributed by atoms with van der Waals surface area (Å²) in [6.07, 6.45) is -10.1. The first kappa shape index (κ1) is 18.1. The summed E-state index contributed by atoms with van der Waals surface area (Å²) in [5.74, 6) is -0.250. The Morgan fingerprint density at radius 2 is 1.62 bits per heavy atom. The molecule has 21 heavy (non-hydrogen) atoms. The number of halogens is 7. The van der Waals surface area contributed by atoms with E-state index in [1.165, 1.54) is 0 Å². The van der Waals surface area contributed by atoms with Crippen molar-refractivity contribution in [3.05, 3.63) is 29.3 Å². The molecule has 0 atom stereocenters. The molecule has 0 spiro atoms. The van der Waals surface area contributed by atoms with Crippen LogP contribution < -0.4 is 4.72 Å². The van der Waals surface area contributed by atoms with E-state index in [1.54, 1.807) is 4.72 Å². The Balaban J connectivity index is 3.51. The summed E-state index contributed by atoms with van der Waals surface area (Å²) in [4.78, 5) is -1.49. The monoisotopic (exact) mass is 355 g/mol. The van der Waals surface area contributed by atoms with Crippen molar-refractivity contribution in [1.29, 1.82) is 0 Å². The van der Waals surface area contributed by atoms with Crippen LogP contribution in [0, 0.1) is 0 Å². The van der Waals surface area contributed by atoms with Gasteiger partial charge in [-0.3, -0.25) is 0 Å². The zero-order valence-electron chi connectivity index (χ0n) is 10.0. The molecule has 0 aromatic heterocycles. The summed E-state index contributed by atoms with van der Waals surface area (Å²) >= 11 is 5.20. The molecule has 0 aliphatic rings. The molecule has 11 heteroatoms. The minimum absolute atomic E-state index is 0.0562. The molecule has 1 aromatic rings. The van der Waals surface area contributed by atoms with Crippen LogP contribution in [0.25, 0.3) is 0 Å². The van der Waals surface area contributed by atoms with Crippen molar-refractivity contribution in [2.24, 2.45) is 0 Å². The second kappa shape index (κ2) is 6.01. The number of nitrogens with one attached hydrogen (secondary N) is 1. The van der Waals surface area contributed by atoms with Crippen molar-refractivity contribution in [2.45, 2.75) is 17.2 Å². The van der Waals surface area contributed by atoms with Crippen molar-refractivity contribution in [2.75, 3.05) is 12.4 Å². The quantitative estimate of drug-likeness (QED) is 0.666. The van der Waals surface area contributed by atoms with Crippen LogP contribution in [0.15, 0.2) is 23.1 Å². The Labute approximate surface area is 120 Å². The van der Waals surface area contributed by atoms with Crippen LogP contribution in [0.2, 0.25) is 0 Å². The second-order valence-electron chi connectivity index (χ2n) is 3.79. The predicted molar refractivity (Wildman–Crippen MR) is 62.4 cm³/mol. The molecule has 0 bridgehead atoms. The maximum Gasteiger partial charge on any atom is 0.417 e. The first-order valence-corrected chi connectivity index (χ1v) is 7.25. The van der Waals surface area contributed by atoms with E-state index < -0.39 is 44.9 Å². The van der Waals surface area contributed by atoms with Gasteiger partial charge in [-0.05, 0) is 18.2 Å². The van der Waals surface area contributed by atoms with E-state index in [9.17, 15) is 34.8 Å². The maximum atomic E-state index is 12.7. The lowest BCUT2D eigenvalue weighted by Crippen LogP contribution is -2.28. The van der Waals surface area contributed by atoms with E-state index >= 15 is 0 Å². The molecule has 0 fully saturated rings. The molecule has 0 amide bonds. The third-order valence-corrected chi connectivity index (χ3v) is 3.98. The van der Waals surface area contributed by atoms with Gasteiger partial charge < -0.3 is 0 Å². The van der Waals surface area contributed by atoms with Gasteiger partial charge in [0.15, 0.2) is 0 Å². The molecule has 0 unspecified atom stereocenters. The molecule has 0 saturated carbocycles. The lowest BCUT2D eigenvalue weighted by atomic mass is 10.1. The van der Waals surface area contributed by atoms with Gasteiger partial charge in [0.1, 0.15) is 0 Å². The van der Waals surface area contributed by atoms with Crippen LogP contribution in [-0.2, 0) is 22.4 Å². The smallest absolute Gasteiger partial charge is 0.210 e. The fourth-order valence-electron chi connectivity index (χ4n) is 1.41. The topological polar surface area (TPSA) is 46.2 Å². The largest absolute Gasteiger partial charge is 0.417 e. The molecule has 0 aliphatic heterocycles. The third kappa shape index (κ3) is 4.48. The van der Waals surface area contributed by atoms with Gasteiger partial charge in [-0.2, -0.15) is 26.3 Å². The van der Waals surface area contributed by atoms with Gasteiger partial charge in [0.25, 0.3) is 0 Å². The number of benzene rings is 1. The molecular formula is C10H8ClF6NO2S. The number of rotatable bonds is 4. The maximum absolute atomic E-state index is 12.7. The molecule has 1 N–H and O–H groups in total. The first-order chi connectivity index (χ1) is 9.39. The average Bonchev–Trinajstić information content (AvgIpc) is 2.33. The SMILES string of the molecule is O=S(=O)(NCCCl)c1cc(C(F)(F)F)ccc1C(F)(F)F. The van der Waals surface area contributed by atoms with Gasteiger partial charge in [0, 0.05) is 12.4 Å². The van der Waals surface area contributed by atoms with Crippen molar-refractivity contribution < 1.29 is 34.8 Å². The zero-order valence-corrected chi connectivity index (χ0v) is 11.6. The second-order valence-corrected chi connectivity index (χ2v) is 5.91. The number of hydrogen-bond donors (Lipinski definition) is 1. The number of sulfonamides is 1. The van der Waals surface area contributed by atoms with Crippen LogP contribution in [0.5, 0.6) is 0 Å². The fourth-order valence-corrected chi connectivity index (χ4v) is 2.89. The van der Waals surface area contributed by atoms with Gasteiger partial charge in [-0.15, -0.1) is 11.6 Å². The zero-order chi connectivity index (χ0) is 16.5. The molecule has 0 aliphatic carbocycles. The van der Waals surface area contributed by atoms with Crippen LogP contribution in [0.4, 0.5) is 26.3 Å². The molecule has 0 saturated heterocycles. The summed E-state index contributed by atoms with van der Waals surface area (Å²) < 4.78 is 101. The average molecular weight is 356 g/mol. The highest BCUT2D eigenvalue weighted by Gasteiger charge is 2.40. The predicted octanol–water partition coefficient (Wildman–Crippen LogP) is 3.24. The summed E-state index contributed by atoms with van der Waals surface area (Å²) in [5, 5.41) is 0. The standard InChI is InChI=1S/C10H8ClF6NO2S/c11-3-4-18-21(19,20)8-5-6(9(12,13)14)1-2-7(8)10(15,16)17/h1-2,5,18H,3-4H2.